The number of aliphatic hydroxyl groups excluding tert-OH is 1. The summed E-state index contributed by atoms with van der Waals surface area (Å²) in [5.74, 6) is 0. The van der Waals surface area contributed by atoms with Crippen molar-refractivity contribution in [2.45, 2.75) is 26.0 Å². The van der Waals surface area contributed by atoms with Crippen molar-refractivity contribution < 1.29 is 5.11 Å². The Bertz CT molecular complexity index is 274. The lowest BCUT2D eigenvalue weighted by Gasteiger charge is -2.13. The Hall–Kier alpha value is -0.450. The predicted molar refractivity (Wildman–Crippen MR) is 60.0 cm³/mol. The molecular weight excluding hydrogens is 244 g/mol. The van der Waals surface area contributed by atoms with Crippen molar-refractivity contribution in [2.24, 2.45) is 0 Å². The van der Waals surface area contributed by atoms with Crippen molar-refractivity contribution >= 4 is 15.9 Å². The van der Waals surface area contributed by atoms with E-state index in [9.17, 15) is 5.11 Å². The number of hydrogen-bond donors (Lipinski definition) is 2. The van der Waals surface area contributed by atoms with Gasteiger partial charge in [0, 0.05) is 23.3 Å². The van der Waals surface area contributed by atoms with Gasteiger partial charge >= 0.3 is 0 Å². The highest BCUT2D eigenvalue weighted by Crippen LogP contribution is 2.12. The Kier molecular flexibility index (Phi) is 4.51. The molecule has 2 N–H and O–H groups in total. The zero-order valence-corrected chi connectivity index (χ0v) is 9.95. The molecule has 1 heterocycles. The summed E-state index contributed by atoms with van der Waals surface area (Å²) in [6, 6.07) is 4.07. The summed E-state index contributed by atoms with van der Waals surface area (Å²) >= 11 is 3.30. The largest absolute Gasteiger partial charge is 0.385 e. The summed E-state index contributed by atoms with van der Waals surface area (Å²) in [4.78, 5) is 4.12. The molecular formula is C10H15BrN2O. The van der Waals surface area contributed by atoms with Crippen LogP contribution in [0.1, 0.15) is 25.6 Å². The van der Waals surface area contributed by atoms with Crippen LogP contribution in [-0.4, -0.2) is 22.7 Å². The highest BCUT2D eigenvalue weighted by molar-refractivity contribution is 9.10. The molecule has 1 rings (SSSR count). The molecule has 0 saturated heterocycles. The number of nitrogens with zero attached hydrogens (tertiary/aromatic N) is 1. The van der Waals surface area contributed by atoms with Gasteiger partial charge in [-0.25, -0.2) is 0 Å². The van der Waals surface area contributed by atoms with Gasteiger partial charge in [0.2, 0.25) is 0 Å². The van der Waals surface area contributed by atoms with E-state index in [0.29, 0.717) is 18.3 Å². The molecule has 1 atom stereocenters. The first kappa shape index (κ1) is 11.6. The zero-order chi connectivity index (χ0) is 10.6. The summed E-state index contributed by atoms with van der Waals surface area (Å²) in [6.45, 7) is 4.62. The molecule has 0 bridgehead atoms. The zero-order valence-electron chi connectivity index (χ0n) is 8.37. The molecule has 4 heteroatoms. The first-order valence-electron chi connectivity index (χ1n) is 4.62. The van der Waals surface area contributed by atoms with Crippen LogP contribution in [0.5, 0.6) is 0 Å². The fourth-order valence-electron chi connectivity index (χ4n) is 1.04. The van der Waals surface area contributed by atoms with Crippen LogP contribution in [0, 0.1) is 0 Å². The van der Waals surface area contributed by atoms with Crippen molar-refractivity contribution in [3.63, 3.8) is 0 Å². The van der Waals surface area contributed by atoms with Gasteiger partial charge in [0.25, 0.3) is 0 Å². The number of aromatic nitrogens is 1. The lowest BCUT2D eigenvalue weighted by molar-refractivity contribution is 0.167. The van der Waals surface area contributed by atoms with Crippen LogP contribution < -0.4 is 5.32 Å². The van der Waals surface area contributed by atoms with E-state index in [1.54, 1.807) is 6.20 Å². The number of aliphatic hydroxyl groups is 1. The Morgan fingerprint density at radius 2 is 2.21 bits per heavy atom. The smallest absolute Gasteiger partial charge is 0.108 e. The van der Waals surface area contributed by atoms with Crippen molar-refractivity contribution in [3.8, 4) is 0 Å². The third-order valence-corrected chi connectivity index (χ3v) is 2.28. The van der Waals surface area contributed by atoms with Crippen molar-refractivity contribution in [3.05, 3.63) is 28.5 Å². The van der Waals surface area contributed by atoms with Gasteiger partial charge in [-0.05, 0) is 28.1 Å². The molecule has 1 aromatic heterocycles. The molecule has 0 unspecified atom stereocenters. The summed E-state index contributed by atoms with van der Waals surface area (Å²) in [5, 5.41) is 12.9. The Morgan fingerprint density at radius 3 is 2.71 bits per heavy atom. The quantitative estimate of drug-likeness (QED) is 0.867. The van der Waals surface area contributed by atoms with Crippen LogP contribution in [0.25, 0.3) is 0 Å². The molecule has 0 saturated carbocycles. The molecule has 78 valence electrons. The predicted octanol–water partition coefficient (Wildman–Crippen LogP) is 1.88. The van der Waals surface area contributed by atoms with Gasteiger partial charge in [-0.1, -0.05) is 13.8 Å². The van der Waals surface area contributed by atoms with Crippen molar-refractivity contribution in [1.29, 1.82) is 0 Å². The first-order chi connectivity index (χ1) is 6.59. The number of pyridine rings is 1. The van der Waals surface area contributed by atoms with Gasteiger partial charge in [0.05, 0.1) is 5.69 Å². The van der Waals surface area contributed by atoms with E-state index in [1.165, 1.54) is 0 Å². The van der Waals surface area contributed by atoms with Gasteiger partial charge in [0.15, 0.2) is 0 Å². The van der Waals surface area contributed by atoms with Gasteiger partial charge < -0.3 is 10.4 Å². The molecule has 14 heavy (non-hydrogen) atoms. The van der Waals surface area contributed by atoms with Crippen molar-refractivity contribution in [2.75, 3.05) is 6.54 Å². The topological polar surface area (TPSA) is 45.1 Å². The fraction of sp³-hybridized carbons (Fsp3) is 0.500. The maximum absolute atomic E-state index is 9.72. The molecule has 0 spiro atoms. The molecule has 0 aliphatic rings. The van der Waals surface area contributed by atoms with E-state index in [1.807, 2.05) is 26.0 Å². The number of halogens is 1. The summed E-state index contributed by atoms with van der Waals surface area (Å²) in [5.41, 5.74) is 0.696. The van der Waals surface area contributed by atoms with E-state index in [2.05, 4.69) is 26.2 Å². The van der Waals surface area contributed by atoms with E-state index < -0.39 is 6.10 Å². The molecule has 0 fully saturated rings. The Labute approximate surface area is 92.7 Å². The average Bonchev–Trinajstić information content (AvgIpc) is 2.15. The highest BCUT2D eigenvalue weighted by atomic mass is 79.9. The van der Waals surface area contributed by atoms with Crippen LogP contribution in [0.4, 0.5) is 0 Å². The Balaban J connectivity index is 2.52. The minimum Gasteiger partial charge on any atom is -0.385 e. The Morgan fingerprint density at radius 1 is 1.50 bits per heavy atom. The third-order valence-electron chi connectivity index (χ3n) is 1.81. The second kappa shape index (κ2) is 5.44. The standard InChI is InChI=1S/C10H15BrN2O/c1-7(2)12-6-10(14)9-4-3-8(11)5-13-9/h3-5,7,10,12,14H,6H2,1-2H3/t10-/m0/s1. The molecule has 0 aliphatic heterocycles. The van der Waals surface area contributed by atoms with Gasteiger partial charge in [-0.3, -0.25) is 4.98 Å². The molecule has 0 radical (unpaired) electrons. The van der Waals surface area contributed by atoms with Gasteiger partial charge in [0.1, 0.15) is 6.10 Å². The molecule has 1 aromatic rings. The van der Waals surface area contributed by atoms with Gasteiger partial charge in [-0.2, -0.15) is 0 Å². The van der Waals surface area contributed by atoms with Crippen molar-refractivity contribution in [1.82, 2.24) is 10.3 Å². The van der Waals surface area contributed by atoms with Crippen LogP contribution in [0.15, 0.2) is 22.8 Å². The molecule has 0 aliphatic carbocycles. The van der Waals surface area contributed by atoms with Crippen LogP contribution in [-0.2, 0) is 0 Å². The monoisotopic (exact) mass is 258 g/mol. The lowest BCUT2D eigenvalue weighted by Crippen LogP contribution is -2.28. The van der Waals surface area contributed by atoms with E-state index in [-0.39, 0.29) is 0 Å². The number of nitrogens with one attached hydrogen (secondary N) is 1. The van der Waals surface area contributed by atoms with Crippen LogP contribution in [0.2, 0.25) is 0 Å². The average molecular weight is 259 g/mol. The fourth-order valence-corrected chi connectivity index (χ4v) is 1.27. The van der Waals surface area contributed by atoms with Gasteiger partial charge in [-0.15, -0.1) is 0 Å². The number of hydrogen-bond acceptors (Lipinski definition) is 3. The minimum atomic E-state index is -0.537. The minimum absolute atomic E-state index is 0.375. The summed E-state index contributed by atoms with van der Waals surface area (Å²) in [6.07, 6.45) is 1.15. The van der Waals surface area contributed by atoms with Crippen LogP contribution >= 0.6 is 15.9 Å². The van der Waals surface area contributed by atoms with E-state index in [0.717, 1.165) is 4.47 Å². The second-order valence-corrected chi connectivity index (χ2v) is 4.40. The van der Waals surface area contributed by atoms with Crippen LogP contribution in [0.3, 0.4) is 0 Å². The number of rotatable bonds is 4. The lowest BCUT2D eigenvalue weighted by atomic mass is 10.2. The summed E-state index contributed by atoms with van der Waals surface area (Å²) in [7, 11) is 0. The summed E-state index contributed by atoms with van der Waals surface area (Å²) < 4.78 is 0.922. The molecule has 3 nitrogen and oxygen atoms in total. The van der Waals surface area contributed by atoms with E-state index >= 15 is 0 Å². The van der Waals surface area contributed by atoms with E-state index in [4.69, 9.17) is 0 Å². The first-order valence-corrected chi connectivity index (χ1v) is 5.42. The third kappa shape index (κ3) is 3.74. The molecule has 0 aromatic carbocycles. The second-order valence-electron chi connectivity index (χ2n) is 3.48. The normalized spacial score (nSPS) is 13.2. The maximum Gasteiger partial charge on any atom is 0.108 e. The molecule has 0 amide bonds. The highest BCUT2D eigenvalue weighted by Gasteiger charge is 2.08. The SMILES string of the molecule is CC(C)NC[C@H](O)c1ccc(Br)cn1. The maximum atomic E-state index is 9.72.